The second-order valence-electron chi connectivity index (χ2n) is 9.80. The molecule has 2 aromatic rings. The fraction of sp³-hybridized carbons (Fsp3) is 0.407. The van der Waals surface area contributed by atoms with Gasteiger partial charge in [-0.3, -0.25) is 14.5 Å². The molecule has 1 aliphatic heterocycles. The summed E-state index contributed by atoms with van der Waals surface area (Å²) in [6, 6.07) is 10.7. The summed E-state index contributed by atoms with van der Waals surface area (Å²) in [7, 11) is 0. The van der Waals surface area contributed by atoms with Gasteiger partial charge in [0.05, 0.1) is 12.3 Å². The van der Waals surface area contributed by atoms with Gasteiger partial charge in [0.25, 0.3) is 5.91 Å². The Bertz CT molecular complexity index is 1200. The first-order valence-corrected chi connectivity index (χ1v) is 11.7. The van der Waals surface area contributed by atoms with E-state index in [1.54, 1.807) is 18.7 Å². The maximum atomic E-state index is 15.1. The maximum absolute atomic E-state index is 15.1. The molecule has 0 atom stereocenters. The van der Waals surface area contributed by atoms with Crippen LogP contribution in [-0.4, -0.2) is 22.3 Å². The smallest absolute Gasteiger partial charge is 0.259 e. The lowest BCUT2D eigenvalue weighted by atomic mass is 9.81. The maximum Gasteiger partial charge on any atom is 0.259 e. The van der Waals surface area contributed by atoms with Crippen molar-refractivity contribution < 1.29 is 14.0 Å². The Morgan fingerprint density at radius 2 is 1.79 bits per heavy atom. The summed E-state index contributed by atoms with van der Waals surface area (Å²) in [5, 5.41) is 0.186. The minimum Gasteiger partial charge on any atom is -0.304 e. The molecule has 0 spiro atoms. The van der Waals surface area contributed by atoms with Gasteiger partial charge in [-0.1, -0.05) is 39.0 Å². The molecule has 0 radical (unpaired) electrons. The number of hydrogen-bond donors (Lipinski definition) is 0. The fourth-order valence-corrected chi connectivity index (χ4v) is 4.80. The molecule has 0 unspecified atom stereocenters. The summed E-state index contributed by atoms with van der Waals surface area (Å²) in [4.78, 5) is 31.8. The van der Waals surface area contributed by atoms with E-state index < -0.39 is 11.4 Å². The van der Waals surface area contributed by atoms with Crippen molar-refractivity contribution in [3.8, 4) is 0 Å². The lowest BCUT2D eigenvalue weighted by Crippen LogP contribution is -2.44. The summed E-state index contributed by atoms with van der Waals surface area (Å²) in [6.45, 7) is 18.1. The van der Waals surface area contributed by atoms with Gasteiger partial charge in [0, 0.05) is 17.5 Å². The van der Waals surface area contributed by atoms with Gasteiger partial charge in [0.2, 0.25) is 0 Å². The summed E-state index contributed by atoms with van der Waals surface area (Å²) in [5.74, 6) is -0.713. The van der Waals surface area contributed by atoms with Crippen LogP contribution >= 0.6 is 12.2 Å². The van der Waals surface area contributed by atoms with E-state index in [2.05, 4.69) is 4.85 Å². The van der Waals surface area contributed by atoms with Gasteiger partial charge in [0.15, 0.2) is 10.8 Å². The zero-order valence-corrected chi connectivity index (χ0v) is 21.3. The molecule has 1 aliphatic rings. The predicted octanol–water partition coefficient (Wildman–Crippen LogP) is 6.54. The molecule has 34 heavy (non-hydrogen) atoms. The van der Waals surface area contributed by atoms with Gasteiger partial charge in [-0.2, -0.15) is 0 Å². The average Bonchev–Trinajstić information content (AvgIpc) is 2.98. The van der Waals surface area contributed by atoms with Crippen LogP contribution in [0.1, 0.15) is 58.6 Å². The molecule has 0 saturated carbocycles. The second kappa shape index (κ2) is 9.27. The Balaban J connectivity index is 1.89. The third-order valence-corrected chi connectivity index (χ3v) is 7.04. The standard InChI is InChI=1S/C27H30FN3O2S/c1-8-22(32)26(3,4)16-15-18-9-11-19(12-10-18)31-25(34)30(24(33)27(31,5)6)21-14-13-20(29-7)17(2)23(21)28/h9-14H,8,15-16H2,1-6H3. The second-order valence-corrected chi connectivity index (χ2v) is 10.2. The fourth-order valence-electron chi connectivity index (χ4n) is 4.28. The number of rotatable bonds is 7. The number of halogens is 1. The van der Waals surface area contributed by atoms with Gasteiger partial charge < -0.3 is 4.90 Å². The third-order valence-electron chi connectivity index (χ3n) is 6.68. The van der Waals surface area contributed by atoms with Crippen molar-refractivity contribution in [1.82, 2.24) is 0 Å². The van der Waals surface area contributed by atoms with Crippen molar-refractivity contribution in [2.75, 3.05) is 9.80 Å². The third kappa shape index (κ3) is 4.35. The highest BCUT2D eigenvalue weighted by atomic mass is 32.1. The number of benzene rings is 2. The van der Waals surface area contributed by atoms with Crippen LogP contribution in [0, 0.1) is 24.7 Å². The Kier molecular flexibility index (Phi) is 6.95. The number of Topliss-reactive ketones (excluding diaryl/α,β-unsaturated/α-hetero) is 1. The lowest BCUT2D eigenvalue weighted by Gasteiger charge is -2.29. The van der Waals surface area contributed by atoms with Crippen molar-refractivity contribution in [2.24, 2.45) is 5.41 Å². The van der Waals surface area contributed by atoms with Gasteiger partial charge in [-0.15, -0.1) is 0 Å². The van der Waals surface area contributed by atoms with Crippen molar-refractivity contribution >= 4 is 46.1 Å². The number of nitrogens with zero attached hydrogens (tertiary/aromatic N) is 3. The first-order valence-electron chi connectivity index (χ1n) is 11.3. The molecule has 3 rings (SSSR count). The molecule has 2 aromatic carbocycles. The molecule has 178 valence electrons. The van der Waals surface area contributed by atoms with E-state index in [1.165, 1.54) is 24.0 Å². The minimum absolute atomic E-state index is 0.0508. The number of anilines is 2. The van der Waals surface area contributed by atoms with Gasteiger partial charge in [-0.05, 0) is 75.2 Å². The van der Waals surface area contributed by atoms with E-state index in [0.29, 0.717) is 6.42 Å². The quantitative estimate of drug-likeness (QED) is 0.334. The molecule has 0 aromatic heterocycles. The van der Waals surface area contributed by atoms with E-state index in [4.69, 9.17) is 18.8 Å². The van der Waals surface area contributed by atoms with Crippen LogP contribution in [0.5, 0.6) is 0 Å². The first-order chi connectivity index (χ1) is 15.9. The van der Waals surface area contributed by atoms with E-state index in [1.807, 2.05) is 45.0 Å². The molecule has 1 fully saturated rings. The topological polar surface area (TPSA) is 45.0 Å². The molecular formula is C27H30FN3O2S. The van der Waals surface area contributed by atoms with Gasteiger partial charge >= 0.3 is 0 Å². The highest BCUT2D eigenvalue weighted by Crippen LogP contribution is 2.39. The number of hydrogen-bond acceptors (Lipinski definition) is 3. The van der Waals surface area contributed by atoms with Crippen LogP contribution in [0.2, 0.25) is 0 Å². The summed E-state index contributed by atoms with van der Waals surface area (Å²) < 4.78 is 15.1. The van der Waals surface area contributed by atoms with E-state index in [0.717, 1.165) is 24.1 Å². The Morgan fingerprint density at radius 3 is 2.35 bits per heavy atom. The SMILES string of the molecule is [C-]#[N+]c1ccc(N2C(=O)C(C)(C)N(c3ccc(CCC(C)(C)C(=O)CC)cc3)C2=S)c(F)c1C. The van der Waals surface area contributed by atoms with Crippen LogP contribution in [0.4, 0.5) is 21.5 Å². The summed E-state index contributed by atoms with van der Waals surface area (Å²) in [6.07, 6.45) is 2.03. The zero-order valence-electron chi connectivity index (χ0n) is 20.5. The van der Waals surface area contributed by atoms with Crippen molar-refractivity contribution in [1.29, 1.82) is 0 Å². The van der Waals surface area contributed by atoms with E-state index in [-0.39, 0.29) is 39.2 Å². The summed E-state index contributed by atoms with van der Waals surface area (Å²) >= 11 is 5.66. The summed E-state index contributed by atoms with van der Waals surface area (Å²) in [5.41, 5.74) is 0.866. The molecule has 7 heteroatoms. The highest BCUT2D eigenvalue weighted by Gasteiger charge is 2.51. The molecule has 0 N–H and O–H groups in total. The number of amides is 1. The van der Waals surface area contributed by atoms with Crippen LogP contribution in [0.15, 0.2) is 36.4 Å². The monoisotopic (exact) mass is 479 g/mol. The molecule has 1 saturated heterocycles. The number of carbonyl (C=O) groups excluding carboxylic acids is 2. The van der Waals surface area contributed by atoms with Crippen molar-refractivity contribution in [3.05, 3.63) is 64.8 Å². The number of ketones is 1. The average molecular weight is 480 g/mol. The normalized spacial score (nSPS) is 15.6. The molecule has 5 nitrogen and oxygen atoms in total. The molecule has 1 heterocycles. The minimum atomic E-state index is -1.02. The van der Waals surface area contributed by atoms with E-state index >= 15 is 4.39 Å². The first kappa shape index (κ1) is 25.5. The highest BCUT2D eigenvalue weighted by molar-refractivity contribution is 7.81. The number of thiocarbonyl (C=S) groups is 1. The Hall–Kier alpha value is -3.11. The largest absolute Gasteiger partial charge is 0.304 e. The molecule has 0 bridgehead atoms. The predicted molar refractivity (Wildman–Crippen MR) is 138 cm³/mol. The van der Waals surface area contributed by atoms with Gasteiger partial charge in [-0.25, -0.2) is 9.24 Å². The Labute approximate surface area is 206 Å². The molecular weight excluding hydrogens is 449 g/mol. The van der Waals surface area contributed by atoms with Gasteiger partial charge in [0.1, 0.15) is 17.1 Å². The zero-order chi connectivity index (χ0) is 25.4. The lowest BCUT2D eigenvalue weighted by molar-refractivity contribution is -0.127. The molecule has 0 aliphatic carbocycles. The van der Waals surface area contributed by atoms with E-state index in [9.17, 15) is 9.59 Å². The number of aryl methyl sites for hydroxylation is 1. The molecule has 1 amide bonds. The van der Waals surface area contributed by atoms with Crippen LogP contribution in [-0.2, 0) is 16.0 Å². The van der Waals surface area contributed by atoms with Crippen LogP contribution in [0.25, 0.3) is 4.85 Å². The Morgan fingerprint density at radius 1 is 1.18 bits per heavy atom. The van der Waals surface area contributed by atoms with Crippen LogP contribution < -0.4 is 9.80 Å². The van der Waals surface area contributed by atoms with Crippen LogP contribution in [0.3, 0.4) is 0 Å². The van der Waals surface area contributed by atoms with Crippen molar-refractivity contribution in [2.45, 2.75) is 66.3 Å². The number of carbonyl (C=O) groups is 2. The van der Waals surface area contributed by atoms with Crippen molar-refractivity contribution in [3.63, 3.8) is 0 Å².